The van der Waals surface area contributed by atoms with Crippen molar-refractivity contribution in [2.24, 2.45) is 0 Å². The summed E-state index contributed by atoms with van der Waals surface area (Å²) in [5, 5.41) is 11.8. The minimum atomic E-state index is -0.954. The van der Waals surface area contributed by atoms with E-state index in [4.69, 9.17) is 9.84 Å². The molecule has 0 radical (unpaired) electrons. The lowest BCUT2D eigenvalue weighted by atomic mass is 10.1. The van der Waals surface area contributed by atoms with Crippen LogP contribution in [0.5, 0.6) is 5.75 Å². The van der Waals surface area contributed by atoms with E-state index in [9.17, 15) is 9.59 Å². The number of ether oxygens (including phenoxy) is 1. The molecule has 0 aliphatic carbocycles. The van der Waals surface area contributed by atoms with Crippen molar-refractivity contribution in [1.82, 2.24) is 5.32 Å². The Hall–Kier alpha value is -2.82. The highest BCUT2D eigenvalue weighted by Gasteiger charge is 2.13. The summed E-state index contributed by atoms with van der Waals surface area (Å²) in [6.07, 6.45) is 0.899. The number of rotatable bonds is 7. The van der Waals surface area contributed by atoms with Gasteiger partial charge in [0.05, 0.1) is 18.7 Å². The van der Waals surface area contributed by atoms with Gasteiger partial charge in [-0.3, -0.25) is 4.79 Å². The van der Waals surface area contributed by atoms with Crippen LogP contribution in [0, 0.1) is 0 Å². The molecule has 2 aromatic rings. The monoisotopic (exact) mass is 327 g/mol. The number of carbonyl (C=O) groups excluding carboxylic acids is 1. The van der Waals surface area contributed by atoms with Gasteiger partial charge in [0.25, 0.3) is 0 Å². The third kappa shape index (κ3) is 4.59. The fourth-order valence-electron chi connectivity index (χ4n) is 2.49. The molecule has 0 saturated carbocycles. The van der Waals surface area contributed by atoms with E-state index in [1.54, 1.807) is 31.4 Å². The summed E-state index contributed by atoms with van der Waals surface area (Å²) in [5.41, 5.74) is 2.10. The molecule has 0 spiro atoms. The third-order valence-corrected chi connectivity index (χ3v) is 3.82. The summed E-state index contributed by atoms with van der Waals surface area (Å²) in [4.78, 5) is 22.9. The number of benzene rings is 2. The number of hydrogen-bond acceptors (Lipinski definition) is 3. The van der Waals surface area contributed by atoms with Crippen LogP contribution in [-0.2, 0) is 11.2 Å². The number of aromatic carboxylic acids is 1. The Morgan fingerprint density at radius 3 is 2.42 bits per heavy atom. The van der Waals surface area contributed by atoms with Crippen LogP contribution in [0.2, 0.25) is 0 Å². The zero-order valence-electron chi connectivity index (χ0n) is 13.8. The van der Waals surface area contributed by atoms with Gasteiger partial charge in [0.15, 0.2) is 0 Å². The molecule has 0 heterocycles. The minimum Gasteiger partial charge on any atom is -0.496 e. The zero-order valence-corrected chi connectivity index (χ0v) is 13.8. The Balaban J connectivity index is 1.89. The van der Waals surface area contributed by atoms with Gasteiger partial charge >= 0.3 is 5.97 Å². The Morgan fingerprint density at radius 2 is 1.79 bits per heavy atom. The van der Waals surface area contributed by atoms with Gasteiger partial charge < -0.3 is 15.2 Å². The minimum absolute atomic E-state index is 0.0595. The number of para-hydroxylation sites is 1. The van der Waals surface area contributed by atoms with Crippen LogP contribution in [0.1, 0.15) is 40.9 Å². The molecule has 5 nitrogen and oxygen atoms in total. The predicted molar refractivity (Wildman–Crippen MR) is 91.3 cm³/mol. The third-order valence-electron chi connectivity index (χ3n) is 3.82. The van der Waals surface area contributed by atoms with Crippen LogP contribution in [0.3, 0.4) is 0 Å². The molecule has 0 saturated heterocycles. The molecule has 2 rings (SSSR count). The van der Waals surface area contributed by atoms with Crippen LogP contribution in [0.25, 0.3) is 0 Å². The second-order valence-electron chi connectivity index (χ2n) is 5.53. The van der Waals surface area contributed by atoms with E-state index in [0.29, 0.717) is 12.8 Å². The maximum atomic E-state index is 12.1. The molecule has 2 N–H and O–H groups in total. The van der Waals surface area contributed by atoms with Gasteiger partial charge in [-0.25, -0.2) is 4.79 Å². The smallest absolute Gasteiger partial charge is 0.335 e. The number of carboxylic acid groups (broad SMARTS) is 1. The van der Waals surface area contributed by atoms with Crippen molar-refractivity contribution in [1.29, 1.82) is 0 Å². The molecule has 0 bridgehead atoms. The maximum absolute atomic E-state index is 12.1. The van der Waals surface area contributed by atoms with Gasteiger partial charge in [-0.05, 0) is 37.1 Å². The molecule has 2 aromatic carbocycles. The normalized spacial score (nSPS) is 11.6. The van der Waals surface area contributed by atoms with E-state index < -0.39 is 5.97 Å². The second kappa shape index (κ2) is 8.15. The van der Waals surface area contributed by atoms with Crippen LogP contribution in [0.15, 0.2) is 48.5 Å². The SMILES string of the molecule is COc1ccccc1C(C)NC(=O)CCc1ccc(C(=O)O)cc1. The first-order valence-corrected chi connectivity index (χ1v) is 7.75. The van der Waals surface area contributed by atoms with Crippen molar-refractivity contribution in [2.45, 2.75) is 25.8 Å². The van der Waals surface area contributed by atoms with Gasteiger partial charge in [0.2, 0.25) is 5.91 Å². The number of carbonyl (C=O) groups is 2. The first-order valence-electron chi connectivity index (χ1n) is 7.75. The highest BCUT2D eigenvalue weighted by atomic mass is 16.5. The fourth-order valence-corrected chi connectivity index (χ4v) is 2.49. The Morgan fingerprint density at radius 1 is 1.12 bits per heavy atom. The van der Waals surface area contributed by atoms with E-state index in [0.717, 1.165) is 16.9 Å². The van der Waals surface area contributed by atoms with Crippen molar-refractivity contribution in [3.63, 3.8) is 0 Å². The number of nitrogens with one attached hydrogen (secondary N) is 1. The fraction of sp³-hybridized carbons (Fsp3) is 0.263. The molecule has 1 unspecified atom stereocenters. The molecule has 0 aliphatic heterocycles. The van der Waals surface area contributed by atoms with Crippen molar-refractivity contribution in [2.75, 3.05) is 7.11 Å². The molecule has 0 fully saturated rings. The number of hydrogen-bond donors (Lipinski definition) is 2. The Bertz CT molecular complexity index is 710. The molecule has 5 heteroatoms. The zero-order chi connectivity index (χ0) is 17.5. The number of aryl methyl sites for hydroxylation is 1. The van der Waals surface area contributed by atoms with E-state index in [2.05, 4.69) is 5.32 Å². The Kier molecular flexibility index (Phi) is 5.95. The van der Waals surface area contributed by atoms with E-state index in [1.165, 1.54) is 0 Å². The van der Waals surface area contributed by atoms with Crippen molar-refractivity contribution >= 4 is 11.9 Å². The molecule has 1 atom stereocenters. The number of methoxy groups -OCH3 is 1. The van der Waals surface area contributed by atoms with Crippen molar-refractivity contribution in [3.8, 4) is 5.75 Å². The molecule has 1 amide bonds. The standard InChI is InChI=1S/C19H21NO4/c1-13(16-5-3-4-6-17(16)24-2)20-18(21)12-9-14-7-10-15(11-8-14)19(22)23/h3-8,10-11,13H,9,12H2,1-2H3,(H,20,21)(H,22,23). The average molecular weight is 327 g/mol. The average Bonchev–Trinajstić information content (AvgIpc) is 2.60. The van der Waals surface area contributed by atoms with Crippen molar-refractivity contribution in [3.05, 3.63) is 65.2 Å². The summed E-state index contributed by atoms with van der Waals surface area (Å²) in [6, 6.07) is 14.0. The summed E-state index contributed by atoms with van der Waals surface area (Å²) in [5.74, 6) is -0.268. The van der Waals surface area contributed by atoms with Gasteiger partial charge in [-0.2, -0.15) is 0 Å². The molecule has 24 heavy (non-hydrogen) atoms. The van der Waals surface area contributed by atoms with Gasteiger partial charge in [0, 0.05) is 12.0 Å². The lowest BCUT2D eigenvalue weighted by Crippen LogP contribution is -2.27. The van der Waals surface area contributed by atoms with Gasteiger partial charge in [-0.15, -0.1) is 0 Å². The maximum Gasteiger partial charge on any atom is 0.335 e. The van der Waals surface area contributed by atoms with Crippen molar-refractivity contribution < 1.29 is 19.4 Å². The Labute approximate surface area is 141 Å². The first-order chi connectivity index (χ1) is 11.5. The lowest BCUT2D eigenvalue weighted by Gasteiger charge is -2.17. The molecular formula is C19H21NO4. The van der Waals surface area contributed by atoms with E-state index in [-0.39, 0.29) is 17.5 Å². The highest BCUT2D eigenvalue weighted by molar-refractivity contribution is 5.87. The summed E-state index contributed by atoms with van der Waals surface area (Å²) in [6.45, 7) is 1.91. The number of carboxylic acids is 1. The summed E-state index contributed by atoms with van der Waals surface area (Å²) in [7, 11) is 1.61. The molecule has 0 aliphatic rings. The van der Waals surface area contributed by atoms with E-state index in [1.807, 2.05) is 31.2 Å². The molecule has 126 valence electrons. The first kappa shape index (κ1) is 17.5. The summed E-state index contributed by atoms with van der Waals surface area (Å²) >= 11 is 0. The second-order valence-corrected chi connectivity index (χ2v) is 5.53. The largest absolute Gasteiger partial charge is 0.496 e. The predicted octanol–water partition coefficient (Wildman–Crippen LogP) is 3.20. The van der Waals surface area contributed by atoms with Gasteiger partial charge in [0.1, 0.15) is 5.75 Å². The molecular weight excluding hydrogens is 306 g/mol. The van der Waals surface area contributed by atoms with Crippen LogP contribution >= 0.6 is 0 Å². The highest BCUT2D eigenvalue weighted by Crippen LogP contribution is 2.24. The summed E-state index contributed by atoms with van der Waals surface area (Å²) < 4.78 is 5.31. The topological polar surface area (TPSA) is 75.6 Å². The van der Waals surface area contributed by atoms with Crippen LogP contribution in [-0.4, -0.2) is 24.1 Å². The van der Waals surface area contributed by atoms with Crippen LogP contribution < -0.4 is 10.1 Å². The van der Waals surface area contributed by atoms with Crippen LogP contribution in [0.4, 0.5) is 0 Å². The van der Waals surface area contributed by atoms with Gasteiger partial charge in [-0.1, -0.05) is 30.3 Å². The van der Waals surface area contributed by atoms with E-state index >= 15 is 0 Å². The number of amides is 1. The quantitative estimate of drug-likeness (QED) is 0.819. The molecule has 0 aromatic heterocycles. The lowest BCUT2D eigenvalue weighted by molar-refractivity contribution is -0.121.